The van der Waals surface area contributed by atoms with E-state index in [2.05, 4.69) is 0 Å². The van der Waals surface area contributed by atoms with Gasteiger partial charge in [-0.05, 0) is 24.7 Å². The van der Waals surface area contributed by atoms with Crippen LogP contribution in [0.5, 0.6) is 0 Å². The second kappa shape index (κ2) is 4.55. The average molecular weight is 294 g/mol. The first-order valence-corrected chi connectivity index (χ1v) is 6.75. The van der Waals surface area contributed by atoms with Gasteiger partial charge in [0, 0.05) is 5.56 Å². The van der Waals surface area contributed by atoms with E-state index >= 15 is 0 Å². The Hall–Kier alpha value is -1.91. The zero-order valence-electron chi connectivity index (χ0n) is 11.1. The van der Waals surface area contributed by atoms with Gasteiger partial charge >= 0.3 is 6.18 Å². The predicted octanol–water partition coefficient (Wildman–Crippen LogP) is 3.58. The minimum atomic E-state index is -5.00. The first kappa shape index (κ1) is 14.0. The van der Waals surface area contributed by atoms with Crippen LogP contribution in [0.3, 0.4) is 0 Å². The van der Waals surface area contributed by atoms with Gasteiger partial charge in [0.1, 0.15) is 5.41 Å². The topological polar surface area (TPSA) is 34.1 Å². The molecule has 110 valence electrons. The number of ketones is 2. The van der Waals surface area contributed by atoms with E-state index in [0.29, 0.717) is 6.42 Å². The lowest BCUT2D eigenvalue weighted by Crippen LogP contribution is -2.49. The fourth-order valence-corrected chi connectivity index (χ4v) is 3.58. The molecule has 0 unspecified atom stereocenters. The maximum absolute atomic E-state index is 13.0. The number of carbonyl (C=O) groups excluding carboxylic acids is 2. The number of halogens is 3. The Balaban J connectivity index is 2.09. The third-order valence-corrected chi connectivity index (χ3v) is 4.49. The van der Waals surface area contributed by atoms with Crippen LogP contribution in [0.4, 0.5) is 13.2 Å². The van der Waals surface area contributed by atoms with Crippen molar-refractivity contribution in [3.8, 4) is 0 Å². The maximum atomic E-state index is 13.0. The SMILES string of the molecule is O=C(c1ccccc1)[C@@]1(C(=O)C(F)(F)F)C[C@@H]2C=C[C@H]1C2. The van der Waals surface area contributed by atoms with Gasteiger partial charge in [-0.25, -0.2) is 0 Å². The molecule has 0 heterocycles. The molecule has 0 radical (unpaired) electrons. The van der Waals surface area contributed by atoms with E-state index in [4.69, 9.17) is 0 Å². The summed E-state index contributed by atoms with van der Waals surface area (Å²) in [7, 11) is 0. The Bertz CT molecular complexity index is 618. The molecule has 1 aromatic carbocycles. The Kier molecular flexibility index (Phi) is 3.04. The molecule has 2 aliphatic carbocycles. The quantitative estimate of drug-likeness (QED) is 0.485. The molecule has 1 fully saturated rings. The van der Waals surface area contributed by atoms with Crippen molar-refractivity contribution in [2.45, 2.75) is 19.0 Å². The third kappa shape index (κ3) is 2.03. The largest absolute Gasteiger partial charge is 0.451 e. The van der Waals surface area contributed by atoms with Gasteiger partial charge in [0.15, 0.2) is 5.78 Å². The van der Waals surface area contributed by atoms with Gasteiger partial charge in [0.05, 0.1) is 0 Å². The summed E-state index contributed by atoms with van der Waals surface area (Å²) in [5.41, 5.74) is -1.81. The van der Waals surface area contributed by atoms with Crippen molar-refractivity contribution in [2.75, 3.05) is 0 Å². The van der Waals surface area contributed by atoms with Crippen molar-refractivity contribution < 1.29 is 22.8 Å². The fraction of sp³-hybridized carbons (Fsp3) is 0.375. The number of hydrogen-bond acceptors (Lipinski definition) is 2. The maximum Gasteiger partial charge on any atom is 0.451 e. The molecule has 1 saturated carbocycles. The molecular formula is C16H13F3O2. The average Bonchev–Trinajstić information content (AvgIpc) is 3.06. The van der Waals surface area contributed by atoms with Crippen molar-refractivity contribution in [3.63, 3.8) is 0 Å². The minimum Gasteiger partial charge on any atom is -0.293 e. The monoisotopic (exact) mass is 294 g/mol. The molecule has 21 heavy (non-hydrogen) atoms. The molecule has 5 heteroatoms. The highest BCUT2D eigenvalue weighted by molar-refractivity contribution is 6.17. The van der Waals surface area contributed by atoms with Crippen LogP contribution in [0.25, 0.3) is 0 Å². The van der Waals surface area contributed by atoms with E-state index in [1.54, 1.807) is 24.3 Å². The molecule has 0 N–H and O–H groups in total. The summed E-state index contributed by atoms with van der Waals surface area (Å²) in [5, 5.41) is 0. The van der Waals surface area contributed by atoms with Gasteiger partial charge in [-0.2, -0.15) is 13.2 Å². The first-order valence-electron chi connectivity index (χ1n) is 6.75. The molecule has 0 saturated heterocycles. The van der Waals surface area contributed by atoms with Crippen molar-refractivity contribution >= 4 is 11.6 Å². The number of rotatable bonds is 3. The molecule has 2 bridgehead atoms. The number of Topliss-reactive ketones (excluding diaryl/α,β-unsaturated/α-hetero) is 2. The molecule has 0 aromatic heterocycles. The summed E-state index contributed by atoms with van der Waals surface area (Å²) in [6.45, 7) is 0. The van der Waals surface area contributed by atoms with Gasteiger partial charge in [-0.3, -0.25) is 9.59 Å². The number of carbonyl (C=O) groups is 2. The molecule has 0 amide bonds. The molecule has 0 spiro atoms. The lowest BCUT2D eigenvalue weighted by molar-refractivity contribution is -0.180. The van der Waals surface area contributed by atoms with Crippen molar-refractivity contribution in [2.24, 2.45) is 17.3 Å². The van der Waals surface area contributed by atoms with Gasteiger partial charge in [0.25, 0.3) is 5.78 Å². The summed E-state index contributed by atoms with van der Waals surface area (Å²) < 4.78 is 39.1. The second-order valence-corrected chi connectivity index (χ2v) is 5.68. The van der Waals surface area contributed by atoms with Crippen LogP contribution in [0.15, 0.2) is 42.5 Å². The Morgan fingerprint density at radius 3 is 2.24 bits per heavy atom. The minimum absolute atomic E-state index is 0.0414. The molecule has 0 aliphatic heterocycles. The first-order chi connectivity index (χ1) is 9.85. The Morgan fingerprint density at radius 1 is 1.10 bits per heavy atom. The summed E-state index contributed by atoms with van der Waals surface area (Å²) >= 11 is 0. The number of alkyl halides is 3. The van der Waals surface area contributed by atoms with Crippen LogP contribution in [0.2, 0.25) is 0 Å². The van der Waals surface area contributed by atoms with E-state index in [1.807, 2.05) is 6.08 Å². The van der Waals surface area contributed by atoms with Gasteiger partial charge in [-0.15, -0.1) is 0 Å². The number of allylic oxidation sites excluding steroid dienone is 2. The summed E-state index contributed by atoms with van der Waals surface area (Å²) in [4.78, 5) is 24.7. The Morgan fingerprint density at radius 2 is 1.76 bits per heavy atom. The predicted molar refractivity (Wildman–Crippen MR) is 69.6 cm³/mol. The van der Waals surface area contributed by atoms with Crippen LogP contribution in [-0.2, 0) is 4.79 Å². The molecule has 2 nitrogen and oxygen atoms in total. The van der Waals surface area contributed by atoms with Crippen LogP contribution < -0.4 is 0 Å². The number of hydrogen-bond donors (Lipinski definition) is 0. The lowest BCUT2D eigenvalue weighted by atomic mass is 9.67. The highest BCUT2D eigenvalue weighted by Gasteiger charge is 2.64. The zero-order valence-corrected chi connectivity index (χ0v) is 11.1. The van der Waals surface area contributed by atoms with Crippen LogP contribution in [-0.4, -0.2) is 17.7 Å². The second-order valence-electron chi connectivity index (χ2n) is 5.68. The Labute approximate surface area is 119 Å². The van der Waals surface area contributed by atoms with E-state index in [9.17, 15) is 22.8 Å². The molecule has 3 rings (SSSR count). The number of benzene rings is 1. The molecule has 3 atom stereocenters. The van der Waals surface area contributed by atoms with Crippen molar-refractivity contribution in [1.82, 2.24) is 0 Å². The van der Waals surface area contributed by atoms with Crippen LogP contribution >= 0.6 is 0 Å². The lowest BCUT2D eigenvalue weighted by Gasteiger charge is -2.33. The fourth-order valence-electron chi connectivity index (χ4n) is 3.58. The van der Waals surface area contributed by atoms with Crippen molar-refractivity contribution in [3.05, 3.63) is 48.0 Å². The standard InChI is InChI=1S/C16H13F3O2/c17-16(18,19)14(21)15(9-10-6-7-12(15)8-10)13(20)11-4-2-1-3-5-11/h1-7,10,12H,8-9H2/t10-,12+,15-/m1/s1. The van der Waals surface area contributed by atoms with Crippen LogP contribution in [0.1, 0.15) is 23.2 Å². The van der Waals surface area contributed by atoms with E-state index < -0.39 is 29.1 Å². The van der Waals surface area contributed by atoms with Gasteiger partial charge in [-0.1, -0.05) is 42.5 Å². The van der Waals surface area contributed by atoms with E-state index in [0.717, 1.165) is 0 Å². The summed E-state index contributed by atoms with van der Waals surface area (Å²) in [6.07, 6.45) is -1.19. The summed E-state index contributed by atoms with van der Waals surface area (Å²) in [6, 6.07) is 7.77. The van der Waals surface area contributed by atoms with Crippen LogP contribution in [0, 0.1) is 17.3 Å². The zero-order chi connectivity index (χ0) is 15.3. The van der Waals surface area contributed by atoms with E-state index in [1.165, 1.54) is 12.1 Å². The normalized spacial score (nSPS) is 30.6. The van der Waals surface area contributed by atoms with E-state index in [-0.39, 0.29) is 17.9 Å². The van der Waals surface area contributed by atoms with Crippen molar-refractivity contribution in [1.29, 1.82) is 0 Å². The van der Waals surface area contributed by atoms with Gasteiger partial charge in [0.2, 0.25) is 0 Å². The summed E-state index contributed by atoms with van der Waals surface area (Å²) in [5.74, 6) is -3.37. The number of fused-ring (bicyclic) bond motifs is 2. The third-order valence-electron chi connectivity index (χ3n) is 4.49. The smallest absolute Gasteiger partial charge is 0.293 e. The highest BCUT2D eigenvalue weighted by atomic mass is 19.4. The highest BCUT2D eigenvalue weighted by Crippen LogP contribution is 2.56. The molecule has 2 aliphatic rings. The van der Waals surface area contributed by atoms with Gasteiger partial charge < -0.3 is 0 Å². The molecule has 1 aromatic rings. The molecular weight excluding hydrogens is 281 g/mol.